The van der Waals surface area contributed by atoms with E-state index < -0.39 is 17.6 Å². The van der Waals surface area contributed by atoms with Crippen molar-refractivity contribution in [3.63, 3.8) is 0 Å². The molecule has 0 atom stereocenters. The first-order valence-electron chi connectivity index (χ1n) is 6.63. The van der Waals surface area contributed by atoms with Crippen LogP contribution in [0.4, 0.5) is 35.0 Å². The maximum absolute atomic E-state index is 13.3. The number of hydrogen-bond acceptors (Lipinski definition) is 5. The van der Waals surface area contributed by atoms with Crippen molar-refractivity contribution in [3.8, 4) is 5.75 Å². The summed E-state index contributed by atoms with van der Waals surface area (Å²) in [5.41, 5.74) is -0.772. The van der Waals surface area contributed by atoms with Crippen molar-refractivity contribution < 1.29 is 22.3 Å². The third-order valence-electron chi connectivity index (χ3n) is 2.85. The first kappa shape index (κ1) is 16.8. The average molecular weight is 330 g/mol. The Labute approximate surface area is 129 Å². The lowest BCUT2D eigenvalue weighted by Crippen LogP contribution is -2.14. The molecule has 0 amide bonds. The van der Waals surface area contributed by atoms with Crippen LogP contribution in [0, 0.1) is 5.82 Å². The monoisotopic (exact) mass is 330 g/mol. The van der Waals surface area contributed by atoms with E-state index in [2.05, 4.69) is 20.6 Å². The number of rotatable bonds is 5. The molecule has 0 aliphatic carbocycles. The van der Waals surface area contributed by atoms with Gasteiger partial charge in [-0.3, -0.25) is 0 Å². The summed E-state index contributed by atoms with van der Waals surface area (Å²) >= 11 is 0. The number of hydrogen-bond donors (Lipinski definition) is 2. The van der Waals surface area contributed by atoms with Gasteiger partial charge >= 0.3 is 6.18 Å². The maximum Gasteiger partial charge on any atom is 0.421 e. The molecule has 0 saturated heterocycles. The summed E-state index contributed by atoms with van der Waals surface area (Å²) in [6.45, 7) is 1.90. The molecule has 0 saturated carbocycles. The van der Waals surface area contributed by atoms with Crippen molar-refractivity contribution in [3.05, 3.63) is 35.8 Å². The van der Waals surface area contributed by atoms with E-state index in [1.807, 2.05) is 0 Å². The van der Waals surface area contributed by atoms with E-state index in [-0.39, 0.29) is 24.0 Å². The van der Waals surface area contributed by atoms with Gasteiger partial charge in [0.15, 0.2) is 0 Å². The van der Waals surface area contributed by atoms with Crippen LogP contribution in [-0.4, -0.2) is 23.6 Å². The lowest BCUT2D eigenvalue weighted by atomic mass is 10.2. The van der Waals surface area contributed by atoms with Gasteiger partial charge in [0.25, 0.3) is 0 Å². The Morgan fingerprint density at radius 3 is 2.61 bits per heavy atom. The molecular weight excluding hydrogens is 316 g/mol. The molecule has 124 valence electrons. The highest BCUT2D eigenvalue weighted by Crippen LogP contribution is 2.34. The molecule has 2 N–H and O–H groups in total. The zero-order valence-electron chi connectivity index (χ0n) is 12.3. The van der Waals surface area contributed by atoms with E-state index in [1.165, 1.54) is 19.2 Å². The number of nitrogens with zero attached hydrogens (tertiary/aromatic N) is 2. The topological polar surface area (TPSA) is 59.1 Å². The highest BCUT2D eigenvalue weighted by atomic mass is 19.4. The molecule has 1 aromatic carbocycles. The van der Waals surface area contributed by atoms with Crippen molar-refractivity contribution in [1.29, 1.82) is 0 Å². The molecule has 1 aromatic heterocycles. The number of methoxy groups -OCH3 is 1. The fourth-order valence-electron chi connectivity index (χ4n) is 1.85. The van der Waals surface area contributed by atoms with Crippen molar-refractivity contribution >= 4 is 17.5 Å². The summed E-state index contributed by atoms with van der Waals surface area (Å²) in [7, 11) is 1.39. The number of aromatic nitrogens is 2. The molecule has 0 fully saturated rings. The van der Waals surface area contributed by atoms with E-state index in [0.717, 1.165) is 6.07 Å². The minimum Gasteiger partial charge on any atom is -0.495 e. The summed E-state index contributed by atoms with van der Waals surface area (Å²) < 4.78 is 57.0. The molecule has 0 spiro atoms. The van der Waals surface area contributed by atoms with Gasteiger partial charge in [-0.1, -0.05) is 0 Å². The zero-order chi connectivity index (χ0) is 17.0. The second kappa shape index (κ2) is 6.67. The van der Waals surface area contributed by atoms with Crippen LogP contribution in [-0.2, 0) is 6.18 Å². The average Bonchev–Trinajstić information content (AvgIpc) is 2.47. The molecule has 0 aliphatic rings. The lowest BCUT2D eigenvalue weighted by Gasteiger charge is -2.15. The summed E-state index contributed by atoms with van der Waals surface area (Å²) in [4.78, 5) is 7.43. The molecule has 0 aliphatic heterocycles. The van der Waals surface area contributed by atoms with Gasteiger partial charge in [0.1, 0.15) is 22.9 Å². The molecule has 23 heavy (non-hydrogen) atoms. The van der Waals surface area contributed by atoms with Gasteiger partial charge in [0, 0.05) is 18.8 Å². The SMILES string of the molecule is CCNc1nc(Nc2cc(F)ccc2OC)ncc1C(F)(F)F. The summed E-state index contributed by atoms with van der Waals surface area (Å²) in [5, 5.41) is 5.18. The van der Waals surface area contributed by atoms with Crippen LogP contribution in [0.15, 0.2) is 24.4 Å². The fourth-order valence-corrected chi connectivity index (χ4v) is 1.85. The Morgan fingerprint density at radius 2 is 2.00 bits per heavy atom. The van der Waals surface area contributed by atoms with E-state index >= 15 is 0 Å². The van der Waals surface area contributed by atoms with Crippen LogP contribution in [0.5, 0.6) is 5.75 Å². The van der Waals surface area contributed by atoms with Crippen LogP contribution < -0.4 is 15.4 Å². The van der Waals surface area contributed by atoms with Gasteiger partial charge in [-0.25, -0.2) is 9.37 Å². The predicted octanol–water partition coefficient (Wildman–Crippen LogP) is 3.82. The number of alkyl halides is 3. The highest BCUT2D eigenvalue weighted by Gasteiger charge is 2.35. The second-order valence-electron chi connectivity index (χ2n) is 4.45. The standard InChI is InChI=1S/C14H14F4N4O/c1-3-19-12-9(14(16,17)18)7-20-13(22-12)21-10-6-8(15)4-5-11(10)23-2/h4-7H,3H2,1-2H3,(H2,19,20,21,22). The van der Waals surface area contributed by atoms with E-state index in [4.69, 9.17) is 4.74 Å². The largest absolute Gasteiger partial charge is 0.495 e. The molecule has 9 heteroatoms. The molecule has 0 unspecified atom stereocenters. The quantitative estimate of drug-likeness (QED) is 0.816. The molecule has 2 aromatic rings. The molecule has 2 rings (SSSR count). The number of anilines is 3. The van der Waals surface area contributed by atoms with Crippen molar-refractivity contribution in [2.45, 2.75) is 13.1 Å². The van der Waals surface area contributed by atoms with Gasteiger partial charge in [-0.05, 0) is 19.1 Å². The maximum atomic E-state index is 13.3. The van der Waals surface area contributed by atoms with Gasteiger partial charge in [-0.15, -0.1) is 0 Å². The normalized spacial score (nSPS) is 11.2. The first-order chi connectivity index (χ1) is 10.8. The number of ether oxygens (including phenoxy) is 1. The Kier molecular flexibility index (Phi) is 4.87. The van der Waals surface area contributed by atoms with E-state index in [9.17, 15) is 17.6 Å². The Bertz CT molecular complexity index is 691. The summed E-state index contributed by atoms with van der Waals surface area (Å²) in [5.74, 6) is -0.697. The Hall–Kier alpha value is -2.58. The molecule has 5 nitrogen and oxygen atoms in total. The fraction of sp³-hybridized carbons (Fsp3) is 0.286. The number of halogens is 4. The Balaban J connectivity index is 2.38. The molecule has 0 radical (unpaired) electrons. The van der Waals surface area contributed by atoms with Crippen LogP contribution in [0.2, 0.25) is 0 Å². The summed E-state index contributed by atoms with van der Waals surface area (Å²) in [6.07, 6.45) is -3.91. The number of nitrogens with one attached hydrogen (secondary N) is 2. The van der Waals surface area contributed by atoms with Crippen molar-refractivity contribution in [1.82, 2.24) is 9.97 Å². The van der Waals surface area contributed by atoms with Gasteiger partial charge in [0.05, 0.1) is 12.8 Å². The molecule has 0 bridgehead atoms. The van der Waals surface area contributed by atoms with E-state index in [0.29, 0.717) is 11.9 Å². The smallest absolute Gasteiger partial charge is 0.421 e. The van der Waals surface area contributed by atoms with Gasteiger partial charge in [0.2, 0.25) is 5.95 Å². The van der Waals surface area contributed by atoms with Crippen LogP contribution in [0.25, 0.3) is 0 Å². The highest BCUT2D eigenvalue weighted by molar-refractivity contribution is 5.63. The number of benzene rings is 1. The van der Waals surface area contributed by atoms with E-state index in [1.54, 1.807) is 6.92 Å². The molecule has 1 heterocycles. The van der Waals surface area contributed by atoms with Crippen molar-refractivity contribution in [2.75, 3.05) is 24.3 Å². The van der Waals surface area contributed by atoms with Gasteiger partial charge in [-0.2, -0.15) is 18.2 Å². The van der Waals surface area contributed by atoms with Crippen LogP contribution in [0.1, 0.15) is 12.5 Å². The summed E-state index contributed by atoms with van der Waals surface area (Å²) in [6, 6.07) is 3.71. The second-order valence-corrected chi connectivity index (χ2v) is 4.45. The third-order valence-corrected chi connectivity index (χ3v) is 2.85. The van der Waals surface area contributed by atoms with Crippen LogP contribution >= 0.6 is 0 Å². The third kappa shape index (κ3) is 3.99. The Morgan fingerprint density at radius 1 is 1.26 bits per heavy atom. The van der Waals surface area contributed by atoms with Crippen molar-refractivity contribution in [2.24, 2.45) is 0 Å². The minimum atomic E-state index is -4.58. The molecular formula is C14H14F4N4O. The lowest BCUT2D eigenvalue weighted by molar-refractivity contribution is -0.137. The minimum absolute atomic E-state index is 0.113. The van der Waals surface area contributed by atoms with Gasteiger partial charge < -0.3 is 15.4 Å². The zero-order valence-corrected chi connectivity index (χ0v) is 12.3. The first-order valence-corrected chi connectivity index (χ1v) is 6.63. The van der Waals surface area contributed by atoms with Crippen LogP contribution in [0.3, 0.4) is 0 Å². The predicted molar refractivity (Wildman–Crippen MR) is 77.4 cm³/mol.